The van der Waals surface area contributed by atoms with E-state index < -0.39 is 0 Å². The van der Waals surface area contributed by atoms with E-state index in [2.05, 4.69) is 19.2 Å². The van der Waals surface area contributed by atoms with Crippen LogP contribution in [-0.4, -0.2) is 49.2 Å². The van der Waals surface area contributed by atoms with E-state index in [4.69, 9.17) is 21.1 Å². The van der Waals surface area contributed by atoms with Crippen molar-refractivity contribution in [1.29, 1.82) is 0 Å². The fraction of sp³-hybridized carbons (Fsp3) is 0.562. The monoisotopic (exact) mass is 360 g/mol. The van der Waals surface area contributed by atoms with E-state index in [1.54, 1.807) is 6.07 Å². The van der Waals surface area contributed by atoms with Gasteiger partial charge in [0, 0.05) is 25.2 Å². The first-order valence-electron chi connectivity index (χ1n) is 7.67. The highest BCUT2D eigenvalue weighted by Crippen LogP contribution is 2.38. The minimum absolute atomic E-state index is 0. The molecule has 2 aliphatic heterocycles. The average Bonchev–Trinajstić information content (AvgIpc) is 2.50. The Balaban J connectivity index is 0.00000192. The lowest BCUT2D eigenvalue weighted by atomic mass is 10.0. The minimum Gasteiger partial charge on any atom is -0.486 e. The van der Waals surface area contributed by atoms with Gasteiger partial charge in [0.1, 0.15) is 13.2 Å². The van der Waals surface area contributed by atoms with E-state index in [1.165, 1.54) is 0 Å². The number of carbonyl (C=O) groups is 1. The van der Waals surface area contributed by atoms with Crippen LogP contribution >= 0.6 is 24.0 Å². The van der Waals surface area contributed by atoms with Gasteiger partial charge in [0.2, 0.25) is 5.91 Å². The van der Waals surface area contributed by atoms with Crippen molar-refractivity contribution in [2.75, 3.05) is 26.3 Å². The van der Waals surface area contributed by atoms with Crippen molar-refractivity contribution in [2.45, 2.75) is 32.4 Å². The molecule has 0 bridgehead atoms. The molecule has 0 spiro atoms. The molecule has 1 N–H and O–H groups in total. The first-order chi connectivity index (χ1) is 10.6. The van der Waals surface area contributed by atoms with Crippen LogP contribution in [0.4, 0.5) is 0 Å². The van der Waals surface area contributed by atoms with Crippen molar-refractivity contribution in [3.05, 3.63) is 22.7 Å². The van der Waals surface area contributed by atoms with Crippen LogP contribution in [0.2, 0.25) is 5.02 Å². The topological polar surface area (TPSA) is 50.8 Å². The predicted molar refractivity (Wildman–Crippen MR) is 92.0 cm³/mol. The molecule has 1 aromatic rings. The van der Waals surface area contributed by atoms with Crippen molar-refractivity contribution in [1.82, 2.24) is 10.2 Å². The van der Waals surface area contributed by atoms with E-state index in [1.807, 2.05) is 11.0 Å². The molecule has 128 valence electrons. The van der Waals surface area contributed by atoms with Crippen molar-refractivity contribution >= 4 is 29.9 Å². The smallest absolute Gasteiger partial charge is 0.227 e. The second kappa shape index (κ2) is 7.60. The Morgan fingerprint density at radius 1 is 1.35 bits per heavy atom. The molecule has 23 heavy (non-hydrogen) atoms. The lowest BCUT2D eigenvalue weighted by Crippen LogP contribution is -2.57. The number of fused-ring (bicyclic) bond motifs is 1. The number of nitrogens with one attached hydrogen (secondary N) is 1. The summed E-state index contributed by atoms with van der Waals surface area (Å²) in [6, 6.07) is 4.15. The van der Waals surface area contributed by atoms with Crippen LogP contribution < -0.4 is 14.8 Å². The number of hydrogen-bond donors (Lipinski definition) is 1. The second-order valence-electron chi connectivity index (χ2n) is 5.85. The minimum atomic E-state index is 0. The Hall–Kier alpha value is -1.17. The van der Waals surface area contributed by atoms with Gasteiger partial charge in [-0.15, -0.1) is 12.4 Å². The molecule has 0 saturated carbocycles. The molecule has 7 heteroatoms. The Labute approximate surface area is 147 Å². The van der Waals surface area contributed by atoms with E-state index in [0.29, 0.717) is 42.2 Å². The third-order valence-electron chi connectivity index (χ3n) is 4.37. The van der Waals surface area contributed by atoms with E-state index in [-0.39, 0.29) is 24.4 Å². The van der Waals surface area contributed by atoms with Gasteiger partial charge < -0.3 is 19.7 Å². The third kappa shape index (κ3) is 3.84. The second-order valence-corrected chi connectivity index (χ2v) is 6.26. The van der Waals surface area contributed by atoms with Crippen LogP contribution in [0.1, 0.15) is 19.4 Å². The maximum absolute atomic E-state index is 12.6. The summed E-state index contributed by atoms with van der Waals surface area (Å²) in [5.41, 5.74) is 0.859. The van der Waals surface area contributed by atoms with E-state index >= 15 is 0 Å². The molecular formula is C16H22Cl2N2O3. The van der Waals surface area contributed by atoms with E-state index in [0.717, 1.165) is 18.7 Å². The summed E-state index contributed by atoms with van der Waals surface area (Å²) in [6.45, 7) is 6.76. The van der Waals surface area contributed by atoms with Gasteiger partial charge in [-0.25, -0.2) is 0 Å². The van der Waals surface area contributed by atoms with Gasteiger partial charge in [-0.05, 0) is 31.5 Å². The highest BCUT2D eigenvalue weighted by molar-refractivity contribution is 6.32. The maximum Gasteiger partial charge on any atom is 0.227 e. The average molecular weight is 361 g/mol. The van der Waals surface area contributed by atoms with Gasteiger partial charge in [0.25, 0.3) is 0 Å². The molecular weight excluding hydrogens is 339 g/mol. The summed E-state index contributed by atoms with van der Waals surface area (Å²) in [4.78, 5) is 14.5. The zero-order valence-corrected chi connectivity index (χ0v) is 14.9. The molecule has 0 aromatic heterocycles. The fourth-order valence-corrected chi connectivity index (χ4v) is 3.24. The lowest BCUT2D eigenvalue weighted by molar-refractivity contribution is -0.134. The van der Waals surface area contributed by atoms with Crippen molar-refractivity contribution in [3.8, 4) is 11.5 Å². The number of hydrogen-bond acceptors (Lipinski definition) is 4. The standard InChI is InChI=1S/C16H21ClN2O3.ClH/c1-10-11(2)19(4-3-18-10)15(20)9-12-7-13(17)16-14(8-12)21-5-6-22-16;/h7-8,10-11,18H,3-6,9H2,1-2H3;1H. The summed E-state index contributed by atoms with van der Waals surface area (Å²) in [5.74, 6) is 1.32. The normalized spacial score (nSPS) is 23.2. The summed E-state index contributed by atoms with van der Waals surface area (Å²) in [7, 11) is 0. The number of nitrogens with zero attached hydrogens (tertiary/aromatic N) is 1. The Morgan fingerprint density at radius 2 is 2.09 bits per heavy atom. The summed E-state index contributed by atoms with van der Waals surface area (Å²) in [5, 5.41) is 3.88. The number of benzene rings is 1. The zero-order chi connectivity index (χ0) is 15.7. The molecule has 1 fully saturated rings. The van der Waals surface area contributed by atoms with Crippen molar-refractivity contribution in [3.63, 3.8) is 0 Å². The quantitative estimate of drug-likeness (QED) is 0.878. The van der Waals surface area contributed by atoms with Gasteiger partial charge >= 0.3 is 0 Å². The van der Waals surface area contributed by atoms with Crippen molar-refractivity contribution in [2.24, 2.45) is 0 Å². The molecule has 2 aliphatic rings. The van der Waals surface area contributed by atoms with Gasteiger partial charge in [-0.3, -0.25) is 4.79 Å². The van der Waals surface area contributed by atoms with Crippen molar-refractivity contribution < 1.29 is 14.3 Å². The third-order valence-corrected chi connectivity index (χ3v) is 4.65. The molecule has 5 nitrogen and oxygen atoms in total. The number of rotatable bonds is 2. The van der Waals surface area contributed by atoms with Gasteiger partial charge in [-0.1, -0.05) is 11.6 Å². The number of piperazine rings is 1. The Morgan fingerprint density at radius 3 is 2.87 bits per heavy atom. The highest BCUT2D eigenvalue weighted by atomic mass is 35.5. The number of halogens is 2. The molecule has 3 rings (SSSR count). The zero-order valence-electron chi connectivity index (χ0n) is 13.3. The Kier molecular flexibility index (Phi) is 6.00. The highest BCUT2D eigenvalue weighted by Gasteiger charge is 2.28. The molecule has 2 atom stereocenters. The van der Waals surface area contributed by atoms with Crippen LogP contribution in [0, 0.1) is 0 Å². The van der Waals surface area contributed by atoms with Crippen LogP contribution in [0.5, 0.6) is 11.5 Å². The fourth-order valence-electron chi connectivity index (χ4n) is 2.95. The van der Waals surface area contributed by atoms with Crippen LogP contribution in [0.25, 0.3) is 0 Å². The molecule has 2 heterocycles. The molecule has 2 unspecified atom stereocenters. The Bertz CT molecular complexity index is 583. The predicted octanol–water partition coefficient (Wildman–Crippen LogP) is 2.28. The molecule has 0 radical (unpaired) electrons. The molecule has 1 amide bonds. The number of amides is 1. The van der Waals surface area contributed by atoms with Gasteiger partial charge in [0.15, 0.2) is 11.5 Å². The first kappa shape index (κ1) is 18.2. The molecule has 1 saturated heterocycles. The van der Waals surface area contributed by atoms with Crippen LogP contribution in [-0.2, 0) is 11.2 Å². The number of ether oxygens (including phenoxy) is 2. The number of carbonyl (C=O) groups excluding carboxylic acids is 1. The van der Waals surface area contributed by atoms with Gasteiger partial charge in [0.05, 0.1) is 11.4 Å². The SMILES string of the molecule is CC1NCCN(C(=O)Cc2cc(Cl)c3c(c2)OCCO3)C1C.Cl. The van der Waals surface area contributed by atoms with Gasteiger partial charge in [-0.2, -0.15) is 0 Å². The maximum atomic E-state index is 12.6. The molecule has 1 aromatic carbocycles. The first-order valence-corrected chi connectivity index (χ1v) is 8.05. The van der Waals surface area contributed by atoms with Crippen LogP contribution in [0.3, 0.4) is 0 Å². The summed E-state index contributed by atoms with van der Waals surface area (Å²) in [6.07, 6.45) is 0.327. The van der Waals surface area contributed by atoms with E-state index in [9.17, 15) is 4.79 Å². The summed E-state index contributed by atoms with van der Waals surface area (Å²) < 4.78 is 11.1. The largest absolute Gasteiger partial charge is 0.486 e. The van der Waals surface area contributed by atoms with Crippen LogP contribution in [0.15, 0.2) is 12.1 Å². The lowest BCUT2D eigenvalue weighted by Gasteiger charge is -2.38. The molecule has 0 aliphatic carbocycles. The summed E-state index contributed by atoms with van der Waals surface area (Å²) >= 11 is 6.23.